The van der Waals surface area contributed by atoms with E-state index in [0.717, 1.165) is 24.0 Å². The monoisotopic (exact) mass is 352 g/mol. The number of likely N-dealkylation sites (tertiary alicyclic amines) is 1. The van der Waals surface area contributed by atoms with Crippen molar-refractivity contribution in [1.82, 2.24) is 15.1 Å². The van der Waals surface area contributed by atoms with E-state index in [-0.39, 0.29) is 0 Å². The van der Waals surface area contributed by atoms with Crippen LogP contribution in [-0.4, -0.2) is 40.5 Å². The van der Waals surface area contributed by atoms with E-state index < -0.39 is 0 Å². The number of nitrogens with zero attached hydrogens (tertiary/aromatic N) is 2. The Kier molecular flexibility index (Phi) is 4.95. The smallest absolute Gasteiger partial charge is 0.0651 e. The van der Waals surface area contributed by atoms with E-state index in [1.54, 1.807) is 11.8 Å². The van der Waals surface area contributed by atoms with Crippen LogP contribution in [0.25, 0.3) is 10.9 Å². The third-order valence-corrected chi connectivity index (χ3v) is 5.63. The normalized spacial score (nSPS) is 18.5. The number of aromatic nitrogens is 2. The van der Waals surface area contributed by atoms with Crippen molar-refractivity contribution in [3.05, 3.63) is 54.2 Å². The predicted molar refractivity (Wildman–Crippen MR) is 106 cm³/mol. The van der Waals surface area contributed by atoms with E-state index in [1.807, 2.05) is 6.20 Å². The van der Waals surface area contributed by atoms with Gasteiger partial charge in [0.05, 0.1) is 11.7 Å². The van der Waals surface area contributed by atoms with Crippen molar-refractivity contribution >= 4 is 28.4 Å². The fourth-order valence-electron chi connectivity index (χ4n) is 3.57. The Morgan fingerprint density at radius 2 is 2.12 bits per heavy atom. The van der Waals surface area contributed by atoms with Crippen LogP contribution in [0, 0.1) is 0 Å². The second-order valence-electron chi connectivity index (χ2n) is 6.74. The lowest BCUT2D eigenvalue weighted by Crippen LogP contribution is -2.41. The van der Waals surface area contributed by atoms with Crippen molar-refractivity contribution in [2.24, 2.45) is 0 Å². The fraction of sp³-hybridized carbons (Fsp3) is 0.350. The van der Waals surface area contributed by atoms with Gasteiger partial charge in [-0.05, 0) is 61.5 Å². The van der Waals surface area contributed by atoms with Crippen LogP contribution in [0.4, 0.5) is 5.69 Å². The summed E-state index contributed by atoms with van der Waals surface area (Å²) in [6, 6.07) is 15.9. The van der Waals surface area contributed by atoms with Crippen LogP contribution in [0.1, 0.15) is 18.4 Å². The molecule has 2 N–H and O–H groups in total. The number of benzene rings is 2. The topological polar surface area (TPSA) is 44.0 Å². The summed E-state index contributed by atoms with van der Waals surface area (Å²) in [5, 5.41) is 12.0. The van der Waals surface area contributed by atoms with Gasteiger partial charge in [0.2, 0.25) is 0 Å². The van der Waals surface area contributed by atoms with Crippen molar-refractivity contribution in [2.45, 2.75) is 30.3 Å². The SMILES string of the molecule is CSc1ccc(CN2CCC[C@@H](Nc3ccc4[nH]ncc4c3)C2)cc1. The molecule has 1 fully saturated rings. The summed E-state index contributed by atoms with van der Waals surface area (Å²) in [7, 11) is 0. The number of anilines is 1. The van der Waals surface area contributed by atoms with Gasteiger partial charge in [-0.15, -0.1) is 11.8 Å². The van der Waals surface area contributed by atoms with Crippen molar-refractivity contribution in [1.29, 1.82) is 0 Å². The average molecular weight is 353 g/mol. The molecule has 0 radical (unpaired) electrons. The molecular formula is C20H24N4S. The van der Waals surface area contributed by atoms with E-state index in [9.17, 15) is 0 Å². The zero-order valence-corrected chi connectivity index (χ0v) is 15.4. The summed E-state index contributed by atoms with van der Waals surface area (Å²) < 4.78 is 0. The molecule has 130 valence electrons. The molecule has 0 spiro atoms. The zero-order valence-electron chi connectivity index (χ0n) is 14.5. The summed E-state index contributed by atoms with van der Waals surface area (Å²) in [4.78, 5) is 3.89. The van der Waals surface area contributed by atoms with E-state index >= 15 is 0 Å². The highest BCUT2D eigenvalue weighted by Crippen LogP contribution is 2.22. The van der Waals surface area contributed by atoms with Gasteiger partial charge in [0, 0.05) is 35.1 Å². The standard InChI is InChI=1S/C20H24N4S/c1-25-19-7-4-15(5-8-19)13-24-10-2-3-18(14-24)22-17-6-9-20-16(11-17)12-21-23-20/h4-9,11-12,18,22H,2-3,10,13-14H2,1H3,(H,21,23)/t18-/m1/s1. The van der Waals surface area contributed by atoms with Gasteiger partial charge < -0.3 is 5.32 Å². The first-order valence-corrected chi connectivity index (χ1v) is 10.1. The number of fused-ring (bicyclic) bond motifs is 1. The maximum Gasteiger partial charge on any atom is 0.0651 e. The minimum atomic E-state index is 0.503. The van der Waals surface area contributed by atoms with Gasteiger partial charge in [-0.25, -0.2) is 0 Å². The van der Waals surface area contributed by atoms with Crippen molar-refractivity contribution < 1.29 is 0 Å². The number of H-pyrrole nitrogens is 1. The molecule has 1 atom stereocenters. The first-order valence-electron chi connectivity index (χ1n) is 8.85. The van der Waals surface area contributed by atoms with Crippen LogP contribution in [0.2, 0.25) is 0 Å². The molecule has 0 amide bonds. The molecule has 2 heterocycles. The van der Waals surface area contributed by atoms with E-state index in [2.05, 4.69) is 69.1 Å². The zero-order chi connectivity index (χ0) is 17.1. The van der Waals surface area contributed by atoms with Gasteiger partial charge in [0.25, 0.3) is 0 Å². The van der Waals surface area contributed by atoms with E-state index in [0.29, 0.717) is 6.04 Å². The van der Waals surface area contributed by atoms with E-state index in [1.165, 1.54) is 35.5 Å². The lowest BCUT2D eigenvalue weighted by atomic mass is 10.0. The number of hydrogen-bond donors (Lipinski definition) is 2. The third kappa shape index (κ3) is 3.99. The molecule has 1 aliphatic rings. The average Bonchev–Trinajstić information content (AvgIpc) is 3.10. The van der Waals surface area contributed by atoms with Gasteiger partial charge in [0.1, 0.15) is 0 Å². The maximum atomic E-state index is 4.10. The lowest BCUT2D eigenvalue weighted by molar-refractivity contribution is 0.208. The van der Waals surface area contributed by atoms with Crippen LogP contribution in [0.3, 0.4) is 0 Å². The Balaban J connectivity index is 1.38. The molecule has 1 saturated heterocycles. The Bertz CT molecular complexity index is 827. The van der Waals surface area contributed by atoms with Crippen molar-refractivity contribution in [3.8, 4) is 0 Å². The minimum Gasteiger partial charge on any atom is -0.381 e. The van der Waals surface area contributed by atoms with Crippen LogP contribution >= 0.6 is 11.8 Å². The quantitative estimate of drug-likeness (QED) is 0.670. The number of rotatable bonds is 5. The molecule has 2 aromatic carbocycles. The van der Waals surface area contributed by atoms with Crippen LogP contribution in [-0.2, 0) is 6.54 Å². The molecule has 4 nitrogen and oxygen atoms in total. The molecule has 1 aromatic heterocycles. The largest absolute Gasteiger partial charge is 0.381 e. The Morgan fingerprint density at radius 1 is 1.24 bits per heavy atom. The predicted octanol–water partition coefficient (Wildman–Crippen LogP) is 4.36. The molecule has 5 heteroatoms. The first kappa shape index (κ1) is 16.5. The highest BCUT2D eigenvalue weighted by molar-refractivity contribution is 7.98. The number of piperidine rings is 1. The van der Waals surface area contributed by atoms with Crippen LogP contribution < -0.4 is 5.32 Å². The minimum absolute atomic E-state index is 0.503. The Labute approximate surface area is 153 Å². The highest BCUT2D eigenvalue weighted by Gasteiger charge is 2.20. The molecule has 25 heavy (non-hydrogen) atoms. The molecule has 4 rings (SSSR count). The second kappa shape index (κ2) is 7.50. The van der Waals surface area contributed by atoms with Crippen molar-refractivity contribution in [2.75, 3.05) is 24.7 Å². The van der Waals surface area contributed by atoms with Gasteiger partial charge in [-0.3, -0.25) is 10.00 Å². The van der Waals surface area contributed by atoms with Crippen LogP contribution in [0.15, 0.2) is 53.6 Å². The van der Waals surface area contributed by atoms with Gasteiger partial charge in [0.15, 0.2) is 0 Å². The summed E-state index contributed by atoms with van der Waals surface area (Å²) in [5.41, 5.74) is 3.67. The summed E-state index contributed by atoms with van der Waals surface area (Å²) >= 11 is 1.80. The molecule has 0 saturated carbocycles. The number of nitrogens with one attached hydrogen (secondary N) is 2. The maximum absolute atomic E-state index is 4.10. The van der Waals surface area contributed by atoms with E-state index in [4.69, 9.17) is 0 Å². The molecule has 0 unspecified atom stereocenters. The third-order valence-electron chi connectivity index (χ3n) is 4.88. The summed E-state index contributed by atoms with van der Waals surface area (Å²) in [5.74, 6) is 0. The molecule has 3 aromatic rings. The number of thioether (sulfide) groups is 1. The number of hydrogen-bond acceptors (Lipinski definition) is 4. The van der Waals surface area contributed by atoms with Gasteiger partial charge in [-0.2, -0.15) is 5.10 Å². The Morgan fingerprint density at radius 3 is 2.96 bits per heavy atom. The molecule has 0 aliphatic carbocycles. The lowest BCUT2D eigenvalue weighted by Gasteiger charge is -2.33. The van der Waals surface area contributed by atoms with Gasteiger partial charge >= 0.3 is 0 Å². The van der Waals surface area contributed by atoms with Crippen molar-refractivity contribution in [3.63, 3.8) is 0 Å². The number of aromatic amines is 1. The fourth-order valence-corrected chi connectivity index (χ4v) is 3.98. The van der Waals surface area contributed by atoms with Gasteiger partial charge in [-0.1, -0.05) is 12.1 Å². The molecule has 1 aliphatic heterocycles. The Hall–Kier alpha value is -1.98. The first-order chi connectivity index (χ1) is 12.3. The summed E-state index contributed by atoms with van der Waals surface area (Å²) in [6.07, 6.45) is 6.47. The second-order valence-corrected chi connectivity index (χ2v) is 7.62. The molecular weight excluding hydrogens is 328 g/mol. The summed E-state index contributed by atoms with van der Waals surface area (Å²) in [6.45, 7) is 3.31. The van der Waals surface area contributed by atoms with Crippen LogP contribution in [0.5, 0.6) is 0 Å². The highest BCUT2D eigenvalue weighted by atomic mass is 32.2. The molecule has 0 bridgehead atoms.